The molecule has 0 amide bonds. The number of para-hydroxylation sites is 1. The van der Waals surface area contributed by atoms with E-state index in [1.54, 1.807) is 49.1 Å². The van der Waals surface area contributed by atoms with Crippen LogP contribution in [0.1, 0.15) is 5.56 Å². The minimum Gasteiger partial charge on any atom is -0.497 e. The van der Waals surface area contributed by atoms with Gasteiger partial charge in [-0.15, -0.1) is 3.89 Å². The van der Waals surface area contributed by atoms with Gasteiger partial charge in [-0.3, -0.25) is 0 Å². The van der Waals surface area contributed by atoms with E-state index in [4.69, 9.17) is 4.74 Å². The molecule has 0 saturated heterocycles. The standard InChI is InChI=1S/C17H17FN2O2S/c1-20-16-6-4-3-5-14(16)11-17(20)23(18,21)19-12-13-7-9-15(22-2)10-8-13/h3-11H,12H2,1-2H3. The molecule has 3 aromatic rings. The van der Waals surface area contributed by atoms with Crippen LogP contribution in [0.2, 0.25) is 0 Å². The molecule has 0 aliphatic carbocycles. The molecule has 0 bridgehead atoms. The first-order valence-corrected chi connectivity index (χ1v) is 8.53. The highest BCUT2D eigenvalue weighted by atomic mass is 32.3. The predicted molar refractivity (Wildman–Crippen MR) is 89.6 cm³/mol. The Morgan fingerprint density at radius 2 is 1.87 bits per heavy atom. The van der Waals surface area contributed by atoms with Crippen LogP contribution in [-0.4, -0.2) is 15.9 Å². The molecule has 120 valence electrons. The summed E-state index contributed by atoms with van der Waals surface area (Å²) in [6.45, 7) is 0.0425. The topological polar surface area (TPSA) is 43.6 Å². The molecule has 1 heterocycles. The fraction of sp³-hybridized carbons (Fsp3) is 0.176. The third-order valence-corrected chi connectivity index (χ3v) is 5.11. The van der Waals surface area contributed by atoms with Crippen LogP contribution in [0.4, 0.5) is 3.89 Å². The van der Waals surface area contributed by atoms with Crippen LogP contribution in [0.3, 0.4) is 0 Å². The number of hydrogen-bond acceptors (Lipinski definition) is 3. The SMILES string of the molecule is COc1ccc(CN=S(=O)(F)c2cc3ccccc3n2C)cc1. The summed E-state index contributed by atoms with van der Waals surface area (Å²) in [4.78, 5) is 0. The van der Waals surface area contributed by atoms with Gasteiger partial charge in [-0.25, -0.2) is 8.57 Å². The van der Waals surface area contributed by atoms with Gasteiger partial charge in [0.1, 0.15) is 10.8 Å². The Labute approximate surface area is 135 Å². The maximum absolute atomic E-state index is 14.7. The number of rotatable bonds is 4. The lowest BCUT2D eigenvalue weighted by Gasteiger charge is -2.04. The number of halogens is 1. The van der Waals surface area contributed by atoms with Crippen LogP contribution in [0.15, 0.2) is 64.0 Å². The summed E-state index contributed by atoms with van der Waals surface area (Å²) in [5.74, 6) is 0.711. The highest BCUT2D eigenvalue weighted by molar-refractivity contribution is 7.88. The van der Waals surface area contributed by atoms with Crippen molar-refractivity contribution in [1.29, 1.82) is 0 Å². The Bertz CT molecular complexity index is 954. The smallest absolute Gasteiger partial charge is 0.246 e. The highest BCUT2D eigenvalue weighted by Gasteiger charge is 2.17. The quantitative estimate of drug-likeness (QED) is 0.675. The van der Waals surface area contributed by atoms with Crippen LogP contribution in [0, 0.1) is 0 Å². The molecule has 0 spiro atoms. The summed E-state index contributed by atoms with van der Waals surface area (Å²) in [6, 6.07) is 16.1. The minimum atomic E-state index is -3.96. The molecule has 1 atom stereocenters. The molecule has 23 heavy (non-hydrogen) atoms. The van der Waals surface area contributed by atoms with Gasteiger partial charge in [-0.05, 0) is 29.8 Å². The van der Waals surface area contributed by atoms with E-state index in [2.05, 4.69) is 4.36 Å². The molecule has 0 radical (unpaired) electrons. The van der Waals surface area contributed by atoms with Gasteiger partial charge < -0.3 is 9.30 Å². The molecule has 3 rings (SSSR count). The average molecular weight is 332 g/mol. The molecule has 0 fully saturated rings. The molecular weight excluding hydrogens is 315 g/mol. The Balaban J connectivity index is 1.95. The molecule has 4 nitrogen and oxygen atoms in total. The molecule has 0 N–H and O–H groups in total. The van der Waals surface area contributed by atoms with Crippen molar-refractivity contribution < 1.29 is 12.8 Å². The predicted octanol–water partition coefficient (Wildman–Crippen LogP) is 4.10. The van der Waals surface area contributed by atoms with Gasteiger partial charge in [0.15, 0.2) is 0 Å². The van der Waals surface area contributed by atoms with Gasteiger partial charge in [-0.2, -0.15) is 0 Å². The number of hydrogen-bond donors (Lipinski definition) is 0. The normalized spacial score (nSPS) is 13.7. The Morgan fingerprint density at radius 3 is 2.52 bits per heavy atom. The fourth-order valence-corrected chi connectivity index (χ4v) is 3.62. The molecule has 0 saturated carbocycles. The molecule has 0 aliphatic rings. The van der Waals surface area contributed by atoms with Crippen molar-refractivity contribution in [3.05, 3.63) is 60.2 Å². The summed E-state index contributed by atoms with van der Waals surface area (Å²) in [6.07, 6.45) is 0. The zero-order valence-electron chi connectivity index (χ0n) is 12.9. The average Bonchev–Trinajstić information content (AvgIpc) is 2.92. The van der Waals surface area contributed by atoms with Crippen LogP contribution in [-0.2, 0) is 23.7 Å². The van der Waals surface area contributed by atoms with E-state index in [0.717, 1.165) is 16.5 Å². The minimum absolute atomic E-state index is 0.0425. The summed E-state index contributed by atoms with van der Waals surface area (Å²) >= 11 is 0. The van der Waals surface area contributed by atoms with Crippen molar-refractivity contribution in [3.63, 3.8) is 0 Å². The molecule has 2 aromatic carbocycles. The van der Waals surface area contributed by atoms with Crippen LogP contribution < -0.4 is 4.74 Å². The lowest BCUT2D eigenvalue weighted by Crippen LogP contribution is -2.01. The van der Waals surface area contributed by atoms with Crippen molar-refractivity contribution in [2.75, 3.05) is 7.11 Å². The van der Waals surface area contributed by atoms with Gasteiger partial charge in [0.25, 0.3) is 0 Å². The molecular formula is C17H17FN2O2S. The van der Waals surface area contributed by atoms with E-state index in [9.17, 15) is 8.09 Å². The lowest BCUT2D eigenvalue weighted by molar-refractivity contribution is 0.414. The number of aryl methyl sites for hydroxylation is 1. The van der Waals surface area contributed by atoms with Crippen LogP contribution in [0.25, 0.3) is 10.9 Å². The number of benzene rings is 2. The second-order valence-corrected chi connectivity index (χ2v) is 6.79. The van der Waals surface area contributed by atoms with E-state index < -0.39 is 10.1 Å². The van der Waals surface area contributed by atoms with E-state index in [0.29, 0.717) is 5.75 Å². The van der Waals surface area contributed by atoms with Crippen molar-refractivity contribution in [2.24, 2.45) is 11.4 Å². The first-order chi connectivity index (χ1) is 11.0. The number of methoxy groups -OCH3 is 1. The first-order valence-electron chi connectivity index (χ1n) is 7.11. The van der Waals surface area contributed by atoms with E-state index >= 15 is 0 Å². The maximum Gasteiger partial charge on any atom is 0.246 e. The van der Waals surface area contributed by atoms with Crippen LogP contribution >= 0.6 is 0 Å². The Hall–Kier alpha value is -2.34. The Kier molecular flexibility index (Phi) is 4.09. The van der Waals surface area contributed by atoms with Crippen molar-refractivity contribution >= 4 is 21.0 Å². The molecule has 1 unspecified atom stereocenters. The number of ether oxygens (including phenoxy) is 1. The maximum atomic E-state index is 14.7. The molecule has 1 aromatic heterocycles. The van der Waals surface area contributed by atoms with Crippen molar-refractivity contribution in [2.45, 2.75) is 11.6 Å². The van der Waals surface area contributed by atoms with E-state index in [-0.39, 0.29) is 11.6 Å². The zero-order valence-corrected chi connectivity index (χ0v) is 13.7. The monoisotopic (exact) mass is 332 g/mol. The summed E-state index contributed by atoms with van der Waals surface area (Å²) in [7, 11) is -0.689. The largest absolute Gasteiger partial charge is 0.497 e. The van der Waals surface area contributed by atoms with E-state index in [1.165, 1.54) is 0 Å². The molecule has 6 heteroatoms. The van der Waals surface area contributed by atoms with E-state index in [1.807, 2.05) is 24.3 Å². The summed E-state index contributed by atoms with van der Waals surface area (Å²) in [5.41, 5.74) is 1.60. The zero-order chi connectivity index (χ0) is 16.4. The van der Waals surface area contributed by atoms with Gasteiger partial charge >= 0.3 is 0 Å². The van der Waals surface area contributed by atoms with Gasteiger partial charge in [-0.1, -0.05) is 30.3 Å². The number of fused-ring (bicyclic) bond motifs is 1. The van der Waals surface area contributed by atoms with Crippen LogP contribution in [0.5, 0.6) is 5.75 Å². The third kappa shape index (κ3) is 3.07. The number of aromatic nitrogens is 1. The third-order valence-electron chi connectivity index (χ3n) is 3.74. The van der Waals surface area contributed by atoms with Gasteiger partial charge in [0, 0.05) is 18.0 Å². The highest BCUT2D eigenvalue weighted by Crippen LogP contribution is 2.25. The van der Waals surface area contributed by atoms with Gasteiger partial charge in [0.05, 0.1) is 13.7 Å². The van der Waals surface area contributed by atoms with Gasteiger partial charge in [0.2, 0.25) is 10.1 Å². The number of nitrogens with zero attached hydrogens (tertiary/aromatic N) is 2. The van der Waals surface area contributed by atoms with Crippen molar-refractivity contribution in [1.82, 2.24) is 4.57 Å². The summed E-state index contributed by atoms with van der Waals surface area (Å²) < 4.78 is 37.5. The Morgan fingerprint density at radius 1 is 1.17 bits per heavy atom. The summed E-state index contributed by atoms with van der Waals surface area (Å²) in [5, 5.41) is 0.933. The lowest BCUT2D eigenvalue weighted by atomic mass is 10.2. The van der Waals surface area contributed by atoms with Crippen molar-refractivity contribution in [3.8, 4) is 5.75 Å². The fourth-order valence-electron chi connectivity index (χ4n) is 2.46. The second kappa shape index (κ2) is 6.04. The second-order valence-electron chi connectivity index (χ2n) is 5.19. The molecule has 0 aliphatic heterocycles. The first kappa shape index (κ1) is 15.6.